The number of hydrogen-bond acceptors (Lipinski definition) is 5. The summed E-state index contributed by atoms with van der Waals surface area (Å²) in [4.78, 5) is 29.9. The second-order valence-electron chi connectivity index (χ2n) is 5.96. The average molecular weight is 336 g/mol. The van der Waals surface area contributed by atoms with Crippen molar-refractivity contribution in [3.63, 3.8) is 0 Å². The number of aromatic nitrogens is 4. The molecule has 2 heterocycles. The normalized spacial score (nSPS) is 10.6. The molecule has 0 aliphatic carbocycles. The Kier molecular flexibility index (Phi) is 4.47. The minimum atomic E-state index is -0.125. The number of nitrogens with zero attached hydrogens (tertiary/aromatic N) is 4. The number of nitrogens with one attached hydrogen (secondary N) is 2. The molecule has 0 radical (unpaired) electrons. The lowest BCUT2D eigenvalue weighted by molar-refractivity contribution is -0.114. The van der Waals surface area contributed by atoms with Gasteiger partial charge >= 0.3 is 0 Å². The first-order chi connectivity index (χ1) is 12.0. The number of carbonyl (C=O) groups is 1. The minimum absolute atomic E-state index is 0.125. The van der Waals surface area contributed by atoms with Gasteiger partial charge < -0.3 is 15.2 Å². The van der Waals surface area contributed by atoms with Crippen molar-refractivity contribution >= 4 is 17.3 Å². The fourth-order valence-corrected chi connectivity index (χ4v) is 2.58. The van der Waals surface area contributed by atoms with Gasteiger partial charge in [0, 0.05) is 50.4 Å². The second kappa shape index (κ2) is 6.72. The molecule has 0 spiro atoms. The van der Waals surface area contributed by atoms with Crippen LogP contribution in [0.5, 0.6) is 0 Å². The molecule has 7 heteroatoms. The van der Waals surface area contributed by atoms with Crippen molar-refractivity contribution in [1.29, 1.82) is 0 Å². The molecule has 0 fully saturated rings. The number of amides is 1. The Bertz CT molecular complexity index is 901. The first-order valence-electron chi connectivity index (χ1n) is 7.88. The molecule has 2 aromatic heterocycles. The van der Waals surface area contributed by atoms with Crippen molar-refractivity contribution in [2.75, 3.05) is 24.3 Å². The van der Waals surface area contributed by atoms with Gasteiger partial charge in [-0.05, 0) is 25.1 Å². The molecular formula is C18H20N6O. The summed E-state index contributed by atoms with van der Waals surface area (Å²) in [5, 5.41) is 2.90. The molecule has 2 N–H and O–H groups in total. The van der Waals surface area contributed by atoms with Gasteiger partial charge in [0.2, 0.25) is 5.91 Å². The predicted molar refractivity (Wildman–Crippen MR) is 98.4 cm³/mol. The van der Waals surface area contributed by atoms with Gasteiger partial charge in [0.15, 0.2) is 5.82 Å². The number of aryl methyl sites for hydroxylation is 1. The van der Waals surface area contributed by atoms with Crippen LogP contribution in [0.3, 0.4) is 0 Å². The van der Waals surface area contributed by atoms with Gasteiger partial charge in [0.25, 0.3) is 0 Å². The van der Waals surface area contributed by atoms with Crippen LogP contribution in [0.4, 0.5) is 11.4 Å². The van der Waals surface area contributed by atoms with Gasteiger partial charge in [-0.15, -0.1) is 0 Å². The summed E-state index contributed by atoms with van der Waals surface area (Å²) < 4.78 is 0. The summed E-state index contributed by atoms with van der Waals surface area (Å²) in [6, 6.07) is 5.90. The third-order valence-corrected chi connectivity index (χ3v) is 3.78. The zero-order valence-electron chi connectivity index (χ0n) is 14.7. The van der Waals surface area contributed by atoms with E-state index >= 15 is 0 Å². The molecule has 0 unspecified atom stereocenters. The van der Waals surface area contributed by atoms with Crippen molar-refractivity contribution in [3.8, 4) is 22.8 Å². The van der Waals surface area contributed by atoms with Crippen molar-refractivity contribution in [2.24, 2.45) is 0 Å². The number of anilines is 2. The van der Waals surface area contributed by atoms with E-state index in [1.54, 1.807) is 18.6 Å². The number of aromatic amines is 1. The van der Waals surface area contributed by atoms with E-state index in [2.05, 4.69) is 25.3 Å². The molecule has 0 saturated heterocycles. The summed E-state index contributed by atoms with van der Waals surface area (Å²) in [5.74, 6) is 0.519. The van der Waals surface area contributed by atoms with Crippen LogP contribution in [-0.4, -0.2) is 39.9 Å². The topological polar surface area (TPSA) is 86.8 Å². The molecule has 25 heavy (non-hydrogen) atoms. The molecule has 1 amide bonds. The Morgan fingerprint density at radius 2 is 2.04 bits per heavy atom. The highest BCUT2D eigenvalue weighted by atomic mass is 16.1. The lowest BCUT2D eigenvalue weighted by Crippen LogP contribution is -2.11. The van der Waals surface area contributed by atoms with Gasteiger partial charge in [-0.25, -0.2) is 9.97 Å². The van der Waals surface area contributed by atoms with Gasteiger partial charge in [-0.1, -0.05) is 0 Å². The maximum Gasteiger partial charge on any atom is 0.221 e. The average Bonchev–Trinajstić information content (AvgIpc) is 2.96. The van der Waals surface area contributed by atoms with Crippen molar-refractivity contribution in [3.05, 3.63) is 42.5 Å². The highest BCUT2D eigenvalue weighted by molar-refractivity contribution is 5.95. The minimum Gasteiger partial charge on any atom is -0.378 e. The zero-order valence-corrected chi connectivity index (χ0v) is 14.7. The Hall–Kier alpha value is -3.22. The quantitative estimate of drug-likeness (QED) is 0.765. The SMILES string of the molecule is CC(=O)Nc1cc(N(C)C)ccc1-c1nc(-c2cnccn2)[nH]c1C. The maximum atomic E-state index is 11.6. The van der Waals surface area contributed by atoms with Crippen LogP contribution in [0, 0.1) is 6.92 Å². The Morgan fingerprint density at radius 3 is 2.68 bits per heavy atom. The number of hydrogen-bond donors (Lipinski definition) is 2. The Balaban J connectivity index is 2.09. The highest BCUT2D eigenvalue weighted by Crippen LogP contribution is 2.33. The van der Waals surface area contributed by atoms with Crippen molar-refractivity contribution in [2.45, 2.75) is 13.8 Å². The summed E-state index contributed by atoms with van der Waals surface area (Å²) in [7, 11) is 3.91. The standard InChI is InChI=1S/C18H20N6O/c1-11-17(23-18(21-11)16-10-19-7-8-20-16)14-6-5-13(24(3)4)9-15(14)22-12(2)25/h5-10H,1-4H3,(H,21,23)(H,22,25). The summed E-state index contributed by atoms with van der Waals surface area (Å²) >= 11 is 0. The molecule has 0 aliphatic rings. The number of imidazole rings is 1. The molecule has 0 bridgehead atoms. The number of carbonyl (C=O) groups excluding carboxylic acids is 1. The highest BCUT2D eigenvalue weighted by Gasteiger charge is 2.16. The summed E-state index contributed by atoms with van der Waals surface area (Å²) in [5.41, 5.74) is 4.90. The third-order valence-electron chi connectivity index (χ3n) is 3.78. The van der Waals surface area contributed by atoms with Crippen molar-refractivity contribution < 1.29 is 4.79 Å². The van der Waals surface area contributed by atoms with Crippen LogP contribution < -0.4 is 10.2 Å². The van der Waals surface area contributed by atoms with E-state index < -0.39 is 0 Å². The smallest absolute Gasteiger partial charge is 0.221 e. The molecule has 3 rings (SSSR count). The molecule has 3 aromatic rings. The van der Waals surface area contributed by atoms with E-state index in [9.17, 15) is 4.79 Å². The number of rotatable bonds is 4. The van der Waals surface area contributed by atoms with Crippen LogP contribution in [0.25, 0.3) is 22.8 Å². The Morgan fingerprint density at radius 1 is 1.24 bits per heavy atom. The fraction of sp³-hybridized carbons (Fsp3) is 0.222. The van der Waals surface area contributed by atoms with E-state index in [4.69, 9.17) is 0 Å². The van der Waals surface area contributed by atoms with E-state index in [-0.39, 0.29) is 5.91 Å². The maximum absolute atomic E-state index is 11.6. The number of benzene rings is 1. The molecule has 7 nitrogen and oxygen atoms in total. The van der Waals surface area contributed by atoms with Crippen LogP contribution >= 0.6 is 0 Å². The monoisotopic (exact) mass is 336 g/mol. The molecular weight excluding hydrogens is 316 g/mol. The first kappa shape index (κ1) is 16.6. The zero-order chi connectivity index (χ0) is 18.0. The lowest BCUT2D eigenvalue weighted by atomic mass is 10.1. The molecule has 128 valence electrons. The van der Waals surface area contributed by atoms with E-state index in [1.165, 1.54) is 6.92 Å². The summed E-state index contributed by atoms with van der Waals surface area (Å²) in [6.45, 7) is 3.44. The largest absolute Gasteiger partial charge is 0.378 e. The molecule has 0 aliphatic heterocycles. The second-order valence-corrected chi connectivity index (χ2v) is 5.96. The molecule has 0 saturated carbocycles. The first-order valence-corrected chi connectivity index (χ1v) is 7.88. The van der Waals surface area contributed by atoms with Gasteiger partial charge in [0.05, 0.1) is 17.6 Å². The van der Waals surface area contributed by atoms with Gasteiger partial charge in [0.1, 0.15) is 5.69 Å². The number of H-pyrrole nitrogens is 1. The molecule has 0 atom stereocenters. The van der Waals surface area contributed by atoms with Crippen LogP contribution in [0.2, 0.25) is 0 Å². The van der Waals surface area contributed by atoms with Crippen molar-refractivity contribution in [1.82, 2.24) is 19.9 Å². The van der Waals surface area contributed by atoms with E-state index in [0.29, 0.717) is 11.5 Å². The lowest BCUT2D eigenvalue weighted by Gasteiger charge is -2.16. The Labute approximate surface area is 146 Å². The van der Waals surface area contributed by atoms with Gasteiger partial charge in [-0.3, -0.25) is 9.78 Å². The van der Waals surface area contributed by atoms with E-state index in [1.807, 2.05) is 44.1 Å². The van der Waals surface area contributed by atoms with Crippen LogP contribution in [0.15, 0.2) is 36.8 Å². The summed E-state index contributed by atoms with van der Waals surface area (Å²) in [6.07, 6.45) is 4.91. The molecule has 1 aromatic carbocycles. The third kappa shape index (κ3) is 3.50. The fourth-order valence-electron chi connectivity index (χ4n) is 2.58. The van der Waals surface area contributed by atoms with Crippen LogP contribution in [-0.2, 0) is 4.79 Å². The van der Waals surface area contributed by atoms with Gasteiger partial charge in [-0.2, -0.15) is 0 Å². The van der Waals surface area contributed by atoms with E-state index in [0.717, 1.165) is 28.3 Å². The predicted octanol–water partition coefficient (Wildman–Crippen LogP) is 2.87. The van der Waals surface area contributed by atoms with Crippen LogP contribution in [0.1, 0.15) is 12.6 Å².